The van der Waals surface area contributed by atoms with Crippen molar-refractivity contribution in [2.75, 3.05) is 20.0 Å². The molecule has 5 rings (SSSR count). The number of fused-ring (bicyclic) bond motifs is 8. The number of methoxy groups -OCH3 is 2. The largest absolute Gasteiger partial charge is 0.493 e. The van der Waals surface area contributed by atoms with Crippen LogP contribution in [0, 0.1) is 13.8 Å². The molecule has 0 aliphatic heterocycles. The molecule has 0 unspecified atom stereocenters. The van der Waals surface area contributed by atoms with E-state index in [1.807, 2.05) is 50.2 Å². The predicted octanol–water partition coefficient (Wildman–Crippen LogP) is 4.72. The van der Waals surface area contributed by atoms with E-state index < -0.39 is 0 Å². The number of aromatic nitrogens is 1. The molecule has 0 aliphatic carbocycles. The van der Waals surface area contributed by atoms with Gasteiger partial charge >= 0.3 is 0 Å². The molecule has 5 aromatic rings. The Labute approximate surface area is 184 Å². The summed E-state index contributed by atoms with van der Waals surface area (Å²) in [6.07, 6.45) is 0. The third-order valence-corrected chi connectivity index (χ3v) is 5.99. The Balaban J connectivity index is 1.50. The molecular weight excluding hydrogens is 406 g/mol. The van der Waals surface area contributed by atoms with Crippen LogP contribution < -0.4 is 20.5 Å². The Kier molecular flexibility index (Phi) is 4.55. The first kappa shape index (κ1) is 19.9. The minimum absolute atomic E-state index is 0.163. The van der Waals surface area contributed by atoms with Crippen LogP contribution in [0.4, 0.5) is 5.82 Å². The molecule has 1 amide bonds. The third kappa shape index (κ3) is 2.97. The third-order valence-electron chi connectivity index (χ3n) is 5.99. The maximum Gasteiger partial charge on any atom is 0.251 e. The number of hydrogen-bond acceptors (Lipinski definition) is 6. The van der Waals surface area contributed by atoms with Crippen LogP contribution in [-0.2, 0) is 6.54 Å². The molecule has 3 aromatic heterocycles. The Bertz CT molecular complexity index is 1480. The standard InChI is InChI=1S/C25H23N3O4/c1-12-7-22(26)28-13(2)19(12)11-27-25(29)14-5-6-15-16(8-14)24-18-10-21(31-4)20(30-3)9-17(18)23(15)32-24/h5-10H,11H2,1-4H3,(H2,26,28)(H,27,29). The summed E-state index contributed by atoms with van der Waals surface area (Å²) < 4.78 is 17.0. The van der Waals surface area contributed by atoms with Crippen LogP contribution in [0.1, 0.15) is 27.2 Å². The van der Waals surface area contributed by atoms with Crippen LogP contribution in [-0.4, -0.2) is 25.1 Å². The summed E-state index contributed by atoms with van der Waals surface area (Å²) in [5, 5.41) is 6.75. The van der Waals surface area contributed by atoms with Crippen LogP contribution in [0.15, 0.2) is 40.8 Å². The Morgan fingerprint density at radius 2 is 1.59 bits per heavy atom. The van der Waals surface area contributed by atoms with Crippen LogP contribution in [0.2, 0.25) is 0 Å². The molecule has 0 saturated heterocycles. The van der Waals surface area contributed by atoms with E-state index in [0.717, 1.165) is 49.5 Å². The summed E-state index contributed by atoms with van der Waals surface area (Å²) in [4.78, 5) is 17.2. The number of nitrogens with two attached hydrogens (primary N) is 1. The van der Waals surface area contributed by atoms with Crippen molar-refractivity contribution < 1.29 is 18.7 Å². The summed E-state index contributed by atoms with van der Waals surface area (Å²) in [5.41, 5.74) is 10.7. The van der Waals surface area contributed by atoms with Crippen molar-refractivity contribution in [2.24, 2.45) is 0 Å². The minimum atomic E-state index is -0.163. The van der Waals surface area contributed by atoms with Gasteiger partial charge in [0.05, 0.1) is 14.2 Å². The predicted molar refractivity (Wildman–Crippen MR) is 125 cm³/mol. The molecule has 2 aromatic carbocycles. The Morgan fingerprint density at radius 1 is 0.969 bits per heavy atom. The molecule has 0 atom stereocenters. The zero-order chi connectivity index (χ0) is 22.6. The van der Waals surface area contributed by atoms with Gasteiger partial charge in [0.25, 0.3) is 5.91 Å². The number of ether oxygens (including phenoxy) is 2. The van der Waals surface area contributed by atoms with E-state index in [1.165, 1.54) is 0 Å². The molecule has 3 heterocycles. The second-order valence-electron chi connectivity index (χ2n) is 7.88. The number of hydrogen-bond donors (Lipinski definition) is 2. The first-order chi connectivity index (χ1) is 15.4. The van der Waals surface area contributed by atoms with Gasteiger partial charge in [0, 0.05) is 39.3 Å². The molecule has 7 nitrogen and oxygen atoms in total. The average molecular weight is 429 g/mol. The number of carbonyl (C=O) groups excluding carboxylic acids is 1. The summed E-state index contributed by atoms with van der Waals surface area (Å²) >= 11 is 0. The number of nitrogens with zero attached hydrogens (tertiary/aromatic N) is 1. The van der Waals surface area contributed by atoms with Crippen molar-refractivity contribution in [3.05, 3.63) is 58.8 Å². The molecular formula is C25H23N3O4. The monoisotopic (exact) mass is 429 g/mol. The molecule has 7 heteroatoms. The van der Waals surface area contributed by atoms with Crippen LogP contribution >= 0.6 is 0 Å². The van der Waals surface area contributed by atoms with Crippen molar-refractivity contribution in [1.82, 2.24) is 10.3 Å². The molecule has 162 valence electrons. The topological polar surface area (TPSA) is 99.6 Å². The fourth-order valence-corrected chi connectivity index (χ4v) is 4.36. The minimum Gasteiger partial charge on any atom is -0.493 e. The van der Waals surface area contributed by atoms with E-state index in [2.05, 4.69) is 10.3 Å². The smallest absolute Gasteiger partial charge is 0.251 e. The fraction of sp³-hybridized carbons (Fsp3) is 0.200. The fourth-order valence-electron chi connectivity index (χ4n) is 4.36. The van der Waals surface area contributed by atoms with Gasteiger partial charge in [0.1, 0.15) is 17.0 Å². The van der Waals surface area contributed by atoms with E-state index in [-0.39, 0.29) is 5.91 Å². The second kappa shape index (κ2) is 7.30. The average Bonchev–Trinajstić information content (AvgIpc) is 3.33. The highest BCUT2D eigenvalue weighted by atomic mass is 16.5. The van der Waals surface area contributed by atoms with Gasteiger partial charge < -0.3 is 24.9 Å². The van der Waals surface area contributed by atoms with Crippen LogP contribution in [0.5, 0.6) is 11.5 Å². The zero-order valence-electron chi connectivity index (χ0n) is 18.3. The first-order valence-corrected chi connectivity index (χ1v) is 10.3. The van der Waals surface area contributed by atoms with Crippen molar-refractivity contribution in [1.29, 1.82) is 0 Å². The summed E-state index contributed by atoms with van der Waals surface area (Å²) in [6.45, 7) is 4.23. The van der Waals surface area contributed by atoms with E-state index in [9.17, 15) is 4.79 Å². The van der Waals surface area contributed by atoms with Crippen LogP contribution in [0.3, 0.4) is 0 Å². The molecule has 3 N–H and O–H groups in total. The molecule has 0 aliphatic rings. The highest BCUT2D eigenvalue weighted by Crippen LogP contribution is 2.45. The SMILES string of the molecule is COc1cc2c(cc1OC)c1oc2c2ccc(C(=O)NCc3c(C)cc(N)nc3C)cc21. The van der Waals surface area contributed by atoms with Gasteiger partial charge in [-0.05, 0) is 61.4 Å². The summed E-state index contributed by atoms with van der Waals surface area (Å²) in [5.74, 6) is 1.60. The van der Waals surface area contributed by atoms with Gasteiger partial charge in [0.2, 0.25) is 0 Å². The molecule has 0 radical (unpaired) electrons. The number of anilines is 1. The summed E-state index contributed by atoms with van der Waals surface area (Å²) in [7, 11) is 3.21. The Morgan fingerprint density at radius 3 is 2.22 bits per heavy atom. The number of pyridine rings is 1. The highest BCUT2D eigenvalue weighted by molar-refractivity contribution is 6.26. The molecule has 0 saturated carbocycles. The van der Waals surface area contributed by atoms with Crippen molar-refractivity contribution >= 4 is 44.4 Å². The second-order valence-corrected chi connectivity index (χ2v) is 7.88. The zero-order valence-corrected chi connectivity index (χ0v) is 18.3. The number of rotatable bonds is 5. The highest BCUT2D eigenvalue weighted by Gasteiger charge is 2.21. The maximum atomic E-state index is 12.9. The van der Waals surface area contributed by atoms with E-state index in [1.54, 1.807) is 14.2 Å². The van der Waals surface area contributed by atoms with Crippen molar-refractivity contribution in [3.63, 3.8) is 0 Å². The summed E-state index contributed by atoms with van der Waals surface area (Å²) in [6, 6.07) is 11.2. The molecule has 32 heavy (non-hydrogen) atoms. The van der Waals surface area contributed by atoms with Gasteiger partial charge in [-0.1, -0.05) is 0 Å². The lowest BCUT2D eigenvalue weighted by Gasteiger charge is -2.12. The maximum absolute atomic E-state index is 12.9. The number of carbonyl (C=O) groups is 1. The van der Waals surface area contributed by atoms with Gasteiger partial charge in [-0.15, -0.1) is 0 Å². The van der Waals surface area contributed by atoms with Gasteiger partial charge in [-0.3, -0.25) is 4.79 Å². The number of amides is 1. The normalized spacial score (nSPS) is 11.5. The lowest BCUT2D eigenvalue weighted by Crippen LogP contribution is -2.24. The van der Waals surface area contributed by atoms with Gasteiger partial charge in [-0.2, -0.15) is 0 Å². The molecule has 0 fully saturated rings. The quantitative estimate of drug-likeness (QED) is 0.392. The van der Waals surface area contributed by atoms with Gasteiger partial charge in [-0.25, -0.2) is 4.98 Å². The lowest BCUT2D eigenvalue weighted by molar-refractivity contribution is 0.0951. The van der Waals surface area contributed by atoms with E-state index >= 15 is 0 Å². The number of furan rings is 2. The van der Waals surface area contributed by atoms with Crippen molar-refractivity contribution in [3.8, 4) is 11.5 Å². The first-order valence-electron chi connectivity index (χ1n) is 10.3. The molecule has 0 spiro atoms. The van der Waals surface area contributed by atoms with Crippen LogP contribution in [0.25, 0.3) is 32.7 Å². The number of aryl methyl sites for hydroxylation is 2. The van der Waals surface area contributed by atoms with E-state index in [0.29, 0.717) is 29.4 Å². The number of nitrogens with one attached hydrogen (secondary N) is 1. The lowest BCUT2D eigenvalue weighted by atomic mass is 10.0. The van der Waals surface area contributed by atoms with Crippen molar-refractivity contribution in [2.45, 2.75) is 20.4 Å². The number of nitrogen functional groups attached to an aromatic ring is 1. The Hall–Kier alpha value is -4.00. The molecule has 2 bridgehead atoms. The number of benzene rings is 3. The van der Waals surface area contributed by atoms with E-state index in [4.69, 9.17) is 19.6 Å². The van der Waals surface area contributed by atoms with Gasteiger partial charge in [0.15, 0.2) is 11.5 Å².